The van der Waals surface area contributed by atoms with Crippen LogP contribution in [-0.2, 0) is 9.59 Å². The first-order valence-electron chi connectivity index (χ1n) is 5.33. The maximum absolute atomic E-state index is 11.8. The number of hydrogen-bond donors (Lipinski definition) is 1. The van der Waals surface area contributed by atoms with Crippen LogP contribution in [0.3, 0.4) is 0 Å². The third-order valence-corrected chi connectivity index (χ3v) is 3.19. The molecule has 0 aliphatic heterocycles. The Morgan fingerprint density at radius 3 is 2.27 bits per heavy atom. The number of carboxylic acids is 1. The lowest BCUT2D eigenvalue weighted by Gasteiger charge is -2.36. The highest BCUT2D eigenvalue weighted by Crippen LogP contribution is 2.27. The van der Waals surface area contributed by atoms with E-state index in [4.69, 9.17) is 5.11 Å². The minimum absolute atomic E-state index is 0.0629. The molecule has 0 aromatic carbocycles. The molecule has 1 rings (SSSR count). The van der Waals surface area contributed by atoms with Gasteiger partial charge >= 0.3 is 5.97 Å². The Hall–Kier alpha value is -1.06. The van der Waals surface area contributed by atoms with Gasteiger partial charge in [-0.3, -0.25) is 9.59 Å². The number of rotatable bonds is 4. The summed E-state index contributed by atoms with van der Waals surface area (Å²) in [5.41, 5.74) is -0.963. The van der Waals surface area contributed by atoms with E-state index < -0.39 is 11.4 Å². The topological polar surface area (TPSA) is 57.6 Å². The van der Waals surface area contributed by atoms with E-state index in [0.29, 0.717) is 6.04 Å². The molecular formula is C11H19NO3. The van der Waals surface area contributed by atoms with Gasteiger partial charge in [0.05, 0.1) is 5.41 Å². The second-order valence-corrected chi connectivity index (χ2v) is 4.96. The second-order valence-electron chi connectivity index (χ2n) is 4.96. The van der Waals surface area contributed by atoms with Crippen molar-refractivity contribution in [2.75, 3.05) is 7.05 Å². The lowest BCUT2D eigenvalue weighted by atomic mass is 9.87. The predicted octanol–water partition coefficient (Wildman–Crippen LogP) is 1.50. The molecule has 0 unspecified atom stereocenters. The van der Waals surface area contributed by atoms with Crippen molar-refractivity contribution in [3.05, 3.63) is 0 Å². The summed E-state index contributed by atoms with van der Waals surface area (Å²) in [4.78, 5) is 24.3. The van der Waals surface area contributed by atoms with E-state index in [2.05, 4.69) is 0 Å². The molecular weight excluding hydrogens is 194 g/mol. The SMILES string of the molecule is CN(C(=O)CC(C)(C)C(=O)O)C1CCC1. The van der Waals surface area contributed by atoms with Gasteiger partial charge in [-0.2, -0.15) is 0 Å². The van der Waals surface area contributed by atoms with Gasteiger partial charge in [-0.25, -0.2) is 0 Å². The van der Waals surface area contributed by atoms with Gasteiger partial charge in [-0.05, 0) is 33.1 Å². The van der Waals surface area contributed by atoms with Crippen molar-refractivity contribution in [2.45, 2.75) is 45.6 Å². The molecule has 1 amide bonds. The fraction of sp³-hybridized carbons (Fsp3) is 0.818. The van der Waals surface area contributed by atoms with E-state index in [0.717, 1.165) is 12.8 Å². The molecule has 0 atom stereocenters. The van der Waals surface area contributed by atoms with Crippen LogP contribution in [0.5, 0.6) is 0 Å². The van der Waals surface area contributed by atoms with Crippen molar-refractivity contribution in [1.29, 1.82) is 0 Å². The normalized spacial score (nSPS) is 17.0. The Morgan fingerprint density at radius 2 is 1.93 bits per heavy atom. The van der Waals surface area contributed by atoms with Gasteiger partial charge in [-0.1, -0.05) is 0 Å². The molecule has 1 saturated carbocycles. The molecule has 0 aromatic heterocycles. The Morgan fingerprint density at radius 1 is 1.40 bits per heavy atom. The minimum atomic E-state index is -0.963. The number of nitrogens with zero attached hydrogens (tertiary/aromatic N) is 1. The van der Waals surface area contributed by atoms with Crippen molar-refractivity contribution in [2.24, 2.45) is 5.41 Å². The van der Waals surface area contributed by atoms with Gasteiger partial charge in [0, 0.05) is 19.5 Å². The van der Waals surface area contributed by atoms with E-state index in [1.54, 1.807) is 25.8 Å². The van der Waals surface area contributed by atoms with E-state index in [1.165, 1.54) is 6.42 Å². The fourth-order valence-corrected chi connectivity index (χ4v) is 1.56. The summed E-state index contributed by atoms with van der Waals surface area (Å²) >= 11 is 0. The van der Waals surface area contributed by atoms with Crippen LogP contribution in [0.1, 0.15) is 39.5 Å². The number of carbonyl (C=O) groups excluding carboxylic acids is 1. The maximum atomic E-state index is 11.8. The fourth-order valence-electron chi connectivity index (χ4n) is 1.56. The largest absolute Gasteiger partial charge is 0.481 e. The van der Waals surface area contributed by atoms with Crippen LogP contribution in [0.25, 0.3) is 0 Å². The molecule has 86 valence electrons. The lowest BCUT2D eigenvalue weighted by molar-refractivity contribution is -0.152. The predicted molar refractivity (Wildman–Crippen MR) is 56.4 cm³/mol. The molecule has 0 saturated heterocycles. The van der Waals surface area contributed by atoms with Crippen molar-refractivity contribution in [3.8, 4) is 0 Å². The number of hydrogen-bond acceptors (Lipinski definition) is 2. The Kier molecular flexibility index (Phi) is 3.37. The summed E-state index contributed by atoms with van der Waals surface area (Å²) in [6.45, 7) is 3.17. The Balaban J connectivity index is 2.50. The standard InChI is InChI=1S/C11H19NO3/c1-11(2,10(14)15)7-9(13)12(3)8-5-4-6-8/h8H,4-7H2,1-3H3,(H,14,15). The van der Waals surface area contributed by atoms with Gasteiger partial charge in [-0.15, -0.1) is 0 Å². The number of amides is 1. The Bertz CT molecular complexity index is 269. The average molecular weight is 213 g/mol. The first-order chi connectivity index (χ1) is 6.84. The second kappa shape index (κ2) is 4.21. The molecule has 0 aromatic rings. The van der Waals surface area contributed by atoms with E-state index >= 15 is 0 Å². The van der Waals surface area contributed by atoms with Gasteiger partial charge in [0.1, 0.15) is 0 Å². The van der Waals surface area contributed by atoms with Crippen molar-refractivity contribution < 1.29 is 14.7 Å². The average Bonchev–Trinajstić information content (AvgIpc) is 1.99. The summed E-state index contributed by atoms with van der Waals surface area (Å²) in [5.74, 6) is -0.982. The van der Waals surface area contributed by atoms with E-state index in [9.17, 15) is 9.59 Å². The smallest absolute Gasteiger partial charge is 0.309 e. The molecule has 0 bridgehead atoms. The van der Waals surface area contributed by atoms with Crippen molar-refractivity contribution >= 4 is 11.9 Å². The Labute approximate surface area is 90.3 Å². The first kappa shape index (κ1) is 12.0. The number of carboxylic acid groups (broad SMARTS) is 1. The molecule has 1 fully saturated rings. The van der Waals surface area contributed by atoms with E-state index in [1.807, 2.05) is 0 Å². The molecule has 4 nitrogen and oxygen atoms in total. The van der Waals surface area contributed by atoms with Gasteiger partial charge in [0.15, 0.2) is 0 Å². The summed E-state index contributed by atoms with van der Waals surface area (Å²) in [5, 5.41) is 8.91. The van der Waals surface area contributed by atoms with Gasteiger partial charge in [0.2, 0.25) is 5.91 Å². The maximum Gasteiger partial charge on any atom is 0.309 e. The first-order valence-corrected chi connectivity index (χ1v) is 5.33. The molecule has 1 aliphatic carbocycles. The minimum Gasteiger partial charge on any atom is -0.481 e. The molecule has 1 aliphatic rings. The van der Waals surface area contributed by atoms with Gasteiger partial charge in [0.25, 0.3) is 0 Å². The van der Waals surface area contributed by atoms with Crippen molar-refractivity contribution in [1.82, 2.24) is 4.90 Å². The summed E-state index contributed by atoms with van der Waals surface area (Å²) in [6, 6.07) is 0.335. The highest BCUT2D eigenvalue weighted by atomic mass is 16.4. The number of carbonyl (C=O) groups is 2. The third kappa shape index (κ3) is 2.70. The zero-order valence-electron chi connectivity index (χ0n) is 9.62. The molecule has 0 spiro atoms. The number of aliphatic carboxylic acids is 1. The zero-order chi connectivity index (χ0) is 11.6. The summed E-state index contributed by atoms with van der Waals surface area (Å²) in [7, 11) is 1.77. The molecule has 1 N–H and O–H groups in total. The summed E-state index contributed by atoms with van der Waals surface area (Å²) in [6.07, 6.45) is 3.35. The van der Waals surface area contributed by atoms with Crippen molar-refractivity contribution in [3.63, 3.8) is 0 Å². The monoisotopic (exact) mass is 213 g/mol. The molecule has 4 heteroatoms. The quantitative estimate of drug-likeness (QED) is 0.769. The summed E-state index contributed by atoms with van der Waals surface area (Å²) < 4.78 is 0. The van der Waals surface area contributed by atoms with Gasteiger partial charge < -0.3 is 10.0 Å². The molecule has 15 heavy (non-hydrogen) atoms. The van der Waals surface area contributed by atoms with Crippen LogP contribution in [0, 0.1) is 5.41 Å². The highest BCUT2D eigenvalue weighted by Gasteiger charge is 2.34. The van der Waals surface area contributed by atoms with Crippen LogP contribution in [0.4, 0.5) is 0 Å². The third-order valence-electron chi connectivity index (χ3n) is 3.19. The lowest BCUT2D eigenvalue weighted by Crippen LogP contribution is -2.43. The zero-order valence-corrected chi connectivity index (χ0v) is 9.62. The molecule has 0 radical (unpaired) electrons. The van der Waals surface area contributed by atoms with Crippen LogP contribution < -0.4 is 0 Å². The van der Waals surface area contributed by atoms with Crippen LogP contribution in [0.2, 0.25) is 0 Å². The highest BCUT2D eigenvalue weighted by molar-refractivity contribution is 5.84. The molecule has 0 heterocycles. The van der Waals surface area contributed by atoms with Crippen LogP contribution in [0.15, 0.2) is 0 Å². The van der Waals surface area contributed by atoms with E-state index in [-0.39, 0.29) is 12.3 Å². The van der Waals surface area contributed by atoms with Crippen LogP contribution >= 0.6 is 0 Å². The van der Waals surface area contributed by atoms with Crippen LogP contribution in [-0.4, -0.2) is 35.0 Å².